The molecule has 1 atom stereocenters. The zero-order valence-corrected chi connectivity index (χ0v) is 12.5. The van der Waals surface area contributed by atoms with Gasteiger partial charge in [0.25, 0.3) is 0 Å². The van der Waals surface area contributed by atoms with Crippen LogP contribution >= 0.6 is 0 Å². The van der Waals surface area contributed by atoms with Gasteiger partial charge in [-0.25, -0.2) is 0 Å². The summed E-state index contributed by atoms with van der Waals surface area (Å²) >= 11 is 0. The first-order valence-electron chi connectivity index (χ1n) is 6.00. The maximum absolute atomic E-state index is 8.80. The summed E-state index contributed by atoms with van der Waals surface area (Å²) in [6, 6.07) is 9.87. The molecular formula is C14H21NOSi. The Morgan fingerprint density at radius 2 is 1.71 bits per heavy atom. The largest absolute Gasteiger partial charge is 0.413 e. The molecule has 0 aliphatic rings. The van der Waals surface area contributed by atoms with Crippen LogP contribution in [0.15, 0.2) is 24.3 Å². The Morgan fingerprint density at radius 3 is 2.06 bits per heavy atom. The molecule has 0 saturated heterocycles. The average molecular weight is 247 g/mol. The fourth-order valence-electron chi connectivity index (χ4n) is 1.79. The molecule has 17 heavy (non-hydrogen) atoms. The quantitative estimate of drug-likeness (QED) is 0.764. The molecule has 0 bridgehead atoms. The van der Waals surface area contributed by atoms with Crippen molar-refractivity contribution in [1.82, 2.24) is 0 Å². The first-order valence-corrected chi connectivity index (χ1v) is 8.78. The lowest BCUT2D eigenvalue weighted by molar-refractivity contribution is 0.0866. The van der Waals surface area contributed by atoms with Crippen molar-refractivity contribution in [3.63, 3.8) is 0 Å². The van der Waals surface area contributed by atoms with Crippen LogP contribution in [0.2, 0.25) is 13.1 Å². The van der Waals surface area contributed by atoms with Gasteiger partial charge in [-0.05, 0) is 36.2 Å². The van der Waals surface area contributed by atoms with E-state index in [9.17, 15) is 0 Å². The van der Waals surface area contributed by atoms with Crippen LogP contribution in [0.1, 0.15) is 38.0 Å². The summed E-state index contributed by atoms with van der Waals surface area (Å²) in [5.41, 5.74) is 1.94. The molecule has 0 radical (unpaired) electrons. The van der Waals surface area contributed by atoms with Crippen LogP contribution in [-0.2, 0) is 4.43 Å². The maximum Gasteiger partial charge on any atom is 0.171 e. The number of hydrogen-bond donors (Lipinski definition) is 0. The van der Waals surface area contributed by atoms with Crippen LogP contribution in [0.4, 0.5) is 0 Å². The molecule has 1 unspecified atom stereocenters. The van der Waals surface area contributed by atoms with Crippen LogP contribution in [0.5, 0.6) is 0 Å². The van der Waals surface area contributed by atoms with Crippen molar-refractivity contribution >= 4 is 9.04 Å². The Kier molecular flexibility index (Phi) is 4.50. The van der Waals surface area contributed by atoms with E-state index in [0.717, 1.165) is 5.56 Å². The van der Waals surface area contributed by atoms with Gasteiger partial charge in [-0.15, -0.1) is 0 Å². The second-order valence-electron chi connectivity index (χ2n) is 5.66. The summed E-state index contributed by atoms with van der Waals surface area (Å²) in [6.07, 6.45) is 0.113. The van der Waals surface area contributed by atoms with Gasteiger partial charge in [-0.1, -0.05) is 32.9 Å². The predicted octanol–water partition coefficient (Wildman–Crippen LogP) is 3.65. The van der Waals surface area contributed by atoms with Gasteiger partial charge in [-0.2, -0.15) is 5.26 Å². The monoisotopic (exact) mass is 247 g/mol. The fourth-order valence-corrected chi connectivity index (χ4v) is 2.90. The first kappa shape index (κ1) is 13.9. The third-order valence-electron chi connectivity index (χ3n) is 2.54. The highest BCUT2D eigenvalue weighted by Gasteiger charge is 2.27. The second kappa shape index (κ2) is 5.48. The van der Waals surface area contributed by atoms with Crippen LogP contribution in [0.25, 0.3) is 0 Å². The molecular weight excluding hydrogens is 226 g/mol. The zero-order chi connectivity index (χ0) is 13.1. The number of hydrogen-bond acceptors (Lipinski definition) is 2. The SMILES string of the molecule is C[SiH](C)OC(c1ccc(C#N)cc1)C(C)(C)C. The lowest BCUT2D eigenvalue weighted by Crippen LogP contribution is -2.25. The van der Waals surface area contributed by atoms with E-state index < -0.39 is 9.04 Å². The standard InChI is InChI=1S/C14H21NOSi/c1-14(2,3)13(16-17(4)5)12-8-6-11(10-15)7-9-12/h6-9,13,17H,1-5H3. The smallest absolute Gasteiger partial charge is 0.171 e. The summed E-state index contributed by atoms with van der Waals surface area (Å²) in [7, 11) is -1.08. The van der Waals surface area contributed by atoms with Crippen LogP contribution < -0.4 is 0 Å². The summed E-state index contributed by atoms with van der Waals surface area (Å²) in [5.74, 6) is 0. The molecule has 0 saturated carbocycles. The van der Waals surface area contributed by atoms with Gasteiger partial charge < -0.3 is 4.43 Å². The number of nitrogens with zero attached hydrogens (tertiary/aromatic N) is 1. The zero-order valence-electron chi connectivity index (χ0n) is 11.3. The van der Waals surface area contributed by atoms with Crippen molar-refractivity contribution in [2.24, 2.45) is 5.41 Å². The average Bonchev–Trinajstić information content (AvgIpc) is 2.24. The van der Waals surface area contributed by atoms with Gasteiger partial charge in [0.15, 0.2) is 9.04 Å². The number of benzene rings is 1. The Labute approximate surface area is 106 Å². The summed E-state index contributed by atoms with van der Waals surface area (Å²) in [6.45, 7) is 10.9. The van der Waals surface area contributed by atoms with E-state index in [1.54, 1.807) is 0 Å². The van der Waals surface area contributed by atoms with Gasteiger partial charge in [0.05, 0.1) is 17.7 Å². The Bertz CT molecular complexity index is 398. The first-order chi connectivity index (χ1) is 7.84. The van der Waals surface area contributed by atoms with Crippen molar-refractivity contribution < 1.29 is 4.43 Å². The number of nitriles is 1. The fraction of sp³-hybridized carbons (Fsp3) is 0.500. The molecule has 1 rings (SSSR count). The Morgan fingerprint density at radius 1 is 1.18 bits per heavy atom. The van der Waals surface area contributed by atoms with Crippen LogP contribution in [0.3, 0.4) is 0 Å². The predicted molar refractivity (Wildman–Crippen MR) is 73.3 cm³/mol. The minimum atomic E-state index is -1.08. The van der Waals surface area contributed by atoms with E-state index in [1.165, 1.54) is 0 Å². The molecule has 3 heteroatoms. The van der Waals surface area contributed by atoms with E-state index in [1.807, 2.05) is 24.3 Å². The van der Waals surface area contributed by atoms with Crippen LogP contribution in [0, 0.1) is 16.7 Å². The maximum atomic E-state index is 8.80. The van der Waals surface area contributed by atoms with E-state index >= 15 is 0 Å². The minimum Gasteiger partial charge on any atom is -0.413 e. The van der Waals surface area contributed by atoms with Gasteiger partial charge in [0.2, 0.25) is 0 Å². The van der Waals surface area contributed by atoms with E-state index in [-0.39, 0.29) is 11.5 Å². The van der Waals surface area contributed by atoms with E-state index in [2.05, 4.69) is 39.9 Å². The van der Waals surface area contributed by atoms with Gasteiger partial charge >= 0.3 is 0 Å². The molecule has 2 nitrogen and oxygen atoms in total. The Balaban J connectivity index is 3.01. The molecule has 92 valence electrons. The van der Waals surface area contributed by atoms with Crippen molar-refractivity contribution in [2.45, 2.75) is 40.0 Å². The van der Waals surface area contributed by atoms with Crippen molar-refractivity contribution in [3.8, 4) is 6.07 Å². The van der Waals surface area contributed by atoms with Gasteiger partial charge in [0.1, 0.15) is 0 Å². The molecule has 0 spiro atoms. The molecule has 0 aliphatic heterocycles. The third kappa shape index (κ3) is 3.99. The molecule has 0 fully saturated rings. The third-order valence-corrected chi connectivity index (χ3v) is 3.35. The van der Waals surface area contributed by atoms with Crippen LogP contribution in [-0.4, -0.2) is 9.04 Å². The number of rotatable bonds is 3. The second-order valence-corrected chi connectivity index (χ2v) is 8.03. The molecule has 0 heterocycles. The molecule has 1 aromatic rings. The molecule has 0 N–H and O–H groups in total. The molecule has 0 aromatic heterocycles. The normalized spacial score (nSPS) is 13.5. The molecule has 1 aromatic carbocycles. The van der Waals surface area contributed by atoms with Crippen molar-refractivity contribution in [2.75, 3.05) is 0 Å². The molecule has 0 aliphatic carbocycles. The minimum absolute atomic E-state index is 0.0748. The lowest BCUT2D eigenvalue weighted by Gasteiger charge is -2.33. The lowest BCUT2D eigenvalue weighted by atomic mass is 9.84. The highest BCUT2D eigenvalue weighted by atomic mass is 28.3. The van der Waals surface area contributed by atoms with E-state index in [0.29, 0.717) is 5.56 Å². The summed E-state index contributed by atoms with van der Waals surface area (Å²) in [5, 5.41) is 8.80. The molecule has 0 amide bonds. The van der Waals surface area contributed by atoms with Crippen molar-refractivity contribution in [3.05, 3.63) is 35.4 Å². The van der Waals surface area contributed by atoms with Gasteiger partial charge in [0, 0.05) is 0 Å². The summed E-state index contributed by atoms with van der Waals surface area (Å²) < 4.78 is 6.13. The topological polar surface area (TPSA) is 33.0 Å². The highest BCUT2D eigenvalue weighted by molar-refractivity contribution is 6.48. The Hall–Kier alpha value is -1.11. The van der Waals surface area contributed by atoms with Crippen molar-refractivity contribution in [1.29, 1.82) is 5.26 Å². The summed E-state index contributed by atoms with van der Waals surface area (Å²) in [4.78, 5) is 0. The highest BCUT2D eigenvalue weighted by Crippen LogP contribution is 2.36. The van der Waals surface area contributed by atoms with Gasteiger partial charge in [-0.3, -0.25) is 0 Å². The van der Waals surface area contributed by atoms with E-state index in [4.69, 9.17) is 9.69 Å².